The smallest absolute Gasteiger partial charge is 0.320 e. The Bertz CT molecular complexity index is 5050. The van der Waals surface area contributed by atoms with E-state index in [-0.39, 0.29) is 23.3 Å². The molecule has 0 aliphatic carbocycles. The summed E-state index contributed by atoms with van der Waals surface area (Å²) in [6.45, 7) is 21.5. The van der Waals surface area contributed by atoms with E-state index in [0.29, 0.717) is 87.1 Å². The van der Waals surface area contributed by atoms with E-state index in [4.69, 9.17) is 23.2 Å². The minimum atomic E-state index is -3.22. The SMILES string of the molecule is CC(=O)N1CCN(c2cc(Cl)cc3[nH]ncc23)CC1(C)C.CC1(C)CN(c2cc(Cl)cc3[nH]ncc23)CCN1S(C)(=O)=O.CN1CC2CN(c3cccc4[nH]ncc34)CCN2C1=O.CS(=O)(=O)N1CCN(c2cc(F)cc3[nH]ncc23)CC1.CS(=O)(=O)N1CCN(c2ccc3[nH]ncc3c2)CC1. The maximum atomic E-state index is 13.6. The van der Waals surface area contributed by atoms with Crippen LogP contribution in [0.5, 0.6) is 0 Å². The fourth-order valence-electron chi connectivity index (χ4n) is 14.7. The number of halogens is 3. The van der Waals surface area contributed by atoms with Gasteiger partial charge in [0.15, 0.2) is 0 Å². The van der Waals surface area contributed by atoms with Crippen molar-refractivity contribution in [1.29, 1.82) is 0 Å². The molecule has 1 atom stereocenters. The van der Waals surface area contributed by atoms with E-state index in [1.165, 1.54) is 45.2 Å². The Morgan fingerprint density at radius 3 is 1.49 bits per heavy atom. The molecule has 6 fully saturated rings. The zero-order chi connectivity index (χ0) is 72.8. The zero-order valence-electron chi connectivity index (χ0n) is 58.4. The molecule has 6 aliphatic rings. The van der Waals surface area contributed by atoms with E-state index in [2.05, 4.69) is 96.6 Å². The van der Waals surface area contributed by atoms with E-state index in [1.54, 1.807) is 29.8 Å². The van der Waals surface area contributed by atoms with Crippen LogP contribution in [-0.4, -0.2) is 277 Å². The van der Waals surface area contributed by atoms with Crippen LogP contribution in [0.3, 0.4) is 0 Å². The number of benzene rings is 5. The van der Waals surface area contributed by atoms with Gasteiger partial charge in [-0.3, -0.25) is 30.3 Å². The quantitative estimate of drug-likeness (QED) is 0.0997. The number of urea groups is 1. The van der Waals surface area contributed by atoms with Gasteiger partial charge in [-0.25, -0.2) is 34.4 Å². The zero-order valence-corrected chi connectivity index (χ0v) is 62.4. The highest BCUT2D eigenvalue weighted by Crippen LogP contribution is 2.37. The highest BCUT2D eigenvalue weighted by atomic mass is 35.5. The lowest BCUT2D eigenvalue weighted by Gasteiger charge is -2.47. The number of sulfonamides is 3. The maximum Gasteiger partial charge on any atom is 0.320 e. The molecule has 0 radical (unpaired) electrons. The molecule has 6 saturated heterocycles. The normalized spacial score (nSPS) is 19.3. The van der Waals surface area contributed by atoms with Crippen LogP contribution in [0.15, 0.2) is 104 Å². The first-order chi connectivity index (χ1) is 48.3. The molecule has 102 heavy (non-hydrogen) atoms. The summed E-state index contributed by atoms with van der Waals surface area (Å²) in [5.74, 6) is -0.207. The molecule has 1 unspecified atom stereocenters. The minimum Gasteiger partial charge on any atom is -0.369 e. The Balaban J connectivity index is 0.000000120. The number of hydrogen-bond acceptors (Lipinski definition) is 18. The van der Waals surface area contributed by atoms with Crippen molar-refractivity contribution in [2.75, 3.05) is 168 Å². The predicted octanol–water partition coefficient (Wildman–Crippen LogP) is 7.29. The minimum absolute atomic E-state index is 0.124. The number of aromatic nitrogens is 10. The van der Waals surface area contributed by atoms with Gasteiger partial charge in [0.2, 0.25) is 36.0 Å². The van der Waals surface area contributed by atoms with Gasteiger partial charge in [-0.2, -0.15) is 38.4 Å². The van der Waals surface area contributed by atoms with Crippen molar-refractivity contribution in [3.05, 3.63) is 120 Å². The Labute approximate surface area is 601 Å². The van der Waals surface area contributed by atoms with Gasteiger partial charge in [-0.1, -0.05) is 29.3 Å². The summed E-state index contributed by atoms with van der Waals surface area (Å²) in [7, 11) is -7.56. The monoisotopic (exact) mass is 1500 g/mol. The average molecular weight is 1500 g/mol. The molecule has 546 valence electrons. The number of fused-ring (bicyclic) bond motifs is 6. The van der Waals surface area contributed by atoms with Crippen molar-refractivity contribution in [2.24, 2.45) is 0 Å². The lowest BCUT2D eigenvalue weighted by atomic mass is 9.97. The number of nitrogens with zero attached hydrogens (tertiary/aromatic N) is 16. The first-order valence-corrected chi connectivity index (χ1v) is 39.8. The number of carbonyl (C=O) groups is 2. The van der Waals surface area contributed by atoms with Crippen molar-refractivity contribution in [1.82, 2.24) is 78.6 Å². The van der Waals surface area contributed by atoms with E-state index in [9.17, 15) is 39.2 Å². The average Bonchev–Trinajstić information content (AvgIpc) is 1.14. The molecular formula is C67H86Cl2FN21O8S3. The van der Waals surface area contributed by atoms with E-state index >= 15 is 0 Å². The van der Waals surface area contributed by atoms with Gasteiger partial charge in [0, 0.05) is 197 Å². The molecule has 11 heterocycles. The van der Waals surface area contributed by atoms with Crippen LogP contribution in [0.1, 0.15) is 34.6 Å². The summed E-state index contributed by atoms with van der Waals surface area (Å²) < 4.78 is 87.9. The topological polar surface area (TPSA) is 316 Å². The first kappa shape index (κ1) is 73.2. The molecular weight excluding hydrogens is 1410 g/mol. The molecule has 10 aromatic rings. The number of nitrogens with one attached hydrogen (secondary N) is 5. The van der Waals surface area contributed by atoms with Gasteiger partial charge in [-0.15, -0.1) is 0 Å². The van der Waals surface area contributed by atoms with E-state index < -0.39 is 35.6 Å². The van der Waals surface area contributed by atoms with Gasteiger partial charge in [0.1, 0.15) is 5.82 Å². The van der Waals surface area contributed by atoms with Crippen LogP contribution in [-0.2, 0) is 34.9 Å². The lowest BCUT2D eigenvalue weighted by molar-refractivity contribution is -0.134. The summed E-state index contributed by atoms with van der Waals surface area (Å²) in [6, 6.07) is 23.3. The Kier molecular flexibility index (Phi) is 21.0. The van der Waals surface area contributed by atoms with Gasteiger partial charge < -0.3 is 39.2 Å². The molecule has 5 aromatic carbocycles. The van der Waals surface area contributed by atoms with Crippen LogP contribution < -0.4 is 24.5 Å². The highest BCUT2D eigenvalue weighted by Gasteiger charge is 2.42. The number of amides is 3. The standard InChI is InChI=1S/C15H19ClN4O.C14H19ClN4O2S.C14H17N5O.C12H15FN4O2S.C12H16N4O2S/c1-10(21)20-5-4-19(9-15(20,2)3)14-7-11(16)6-13-12(14)8-17-18-13;1-14(2)9-18(4-5-19(14)22(3,20)21)13-7-10(15)6-12-11(13)8-16-17-12;1-17-8-10-9-18(5-6-19(10)14(17)20)13-4-2-3-12-11(13)7-15-16-12;1-20(18,19)17-4-2-16(3-5-17)12-7-9(13)6-11-10(12)8-14-15-11;1-19(17,18)16-6-4-15(5-7-16)11-2-3-12-10(8-11)9-13-14-12/h6-8H,4-5,9H2,1-3H3,(H,17,18);6-8H,4-5,9H2,1-3H3,(H,16,17);2-4,7,10H,5-6,8-9H2,1H3,(H,15,16);6-8H,2-5H2,1H3,(H,14,15);2-3,8-9H,4-7H2,1H3,(H,13,14). The molecule has 35 heteroatoms. The summed E-state index contributed by atoms with van der Waals surface area (Å²) in [4.78, 5) is 40.5. The van der Waals surface area contributed by atoms with Crippen molar-refractivity contribution in [3.8, 4) is 0 Å². The van der Waals surface area contributed by atoms with E-state index in [0.717, 1.165) is 124 Å². The third-order valence-corrected chi connectivity index (χ3v) is 24.1. The Morgan fingerprint density at radius 1 is 0.490 bits per heavy atom. The molecule has 5 aromatic heterocycles. The summed E-state index contributed by atoms with van der Waals surface area (Å²) in [5, 5.41) is 41.2. The molecule has 29 nitrogen and oxygen atoms in total. The molecule has 5 N–H and O–H groups in total. The van der Waals surface area contributed by atoms with Crippen molar-refractivity contribution >= 4 is 148 Å². The van der Waals surface area contributed by atoms with Crippen LogP contribution in [0, 0.1) is 5.82 Å². The maximum absolute atomic E-state index is 13.6. The molecule has 3 amide bonds. The van der Waals surface area contributed by atoms with Crippen LogP contribution >= 0.6 is 23.2 Å². The van der Waals surface area contributed by atoms with Crippen LogP contribution in [0.2, 0.25) is 10.0 Å². The summed E-state index contributed by atoms with van der Waals surface area (Å²) >= 11 is 12.4. The Morgan fingerprint density at radius 2 is 0.961 bits per heavy atom. The second kappa shape index (κ2) is 29.3. The van der Waals surface area contributed by atoms with Crippen molar-refractivity contribution in [3.63, 3.8) is 0 Å². The molecule has 6 aliphatic heterocycles. The molecule has 0 saturated carbocycles. The lowest BCUT2D eigenvalue weighted by Crippen LogP contribution is -2.60. The number of likely N-dealkylation sites (N-methyl/N-ethyl adjacent to an activating group) is 1. The highest BCUT2D eigenvalue weighted by molar-refractivity contribution is 7.88. The fraction of sp³-hybridized carbons (Fsp3) is 0.448. The van der Waals surface area contributed by atoms with Crippen molar-refractivity contribution < 1.29 is 39.2 Å². The number of piperazine rings is 5. The largest absolute Gasteiger partial charge is 0.369 e. The summed E-state index contributed by atoms with van der Waals surface area (Å²) in [5.41, 5.74) is 8.97. The number of H-pyrrole nitrogens is 5. The van der Waals surface area contributed by atoms with Gasteiger partial charge >= 0.3 is 6.03 Å². The summed E-state index contributed by atoms with van der Waals surface area (Å²) in [6.07, 6.45) is 12.7. The fourth-order valence-corrected chi connectivity index (χ4v) is 18.1. The van der Waals surface area contributed by atoms with E-state index in [1.807, 2.05) is 101 Å². The molecule has 0 bridgehead atoms. The van der Waals surface area contributed by atoms with Gasteiger partial charge in [0.05, 0.1) is 94.6 Å². The predicted molar refractivity (Wildman–Crippen MR) is 400 cm³/mol. The first-order valence-electron chi connectivity index (χ1n) is 33.5. The third kappa shape index (κ3) is 16.1. The second-order valence-corrected chi connectivity index (χ2v) is 34.5. The number of anilines is 5. The van der Waals surface area contributed by atoms with Gasteiger partial charge in [0.25, 0.3) is 0 Å². The van der Waals surface area contributed by atoms with Gasteiger partial charge in [-0.05, 0) is 94.4 Å². The van der Waals surface area contributed by atoms with Crippen LogP contribution in [0.4, 0.5) is 37.6 Å². The number of carbonyl (C=O) groups excluding carboxylic acids is 2. The second-order valence-electron chi connectivity index (χ2n) is 27.7. The number of aromatic amines is 5. The Hall–Kier alpha value is -8.57. The molecule has 16 rings (SSSR count). The molecule has 0 spiro atoms. The van der Waals surface area contributed by atoms with Crippen molar-refractivity contribution in [2.45, 2.75) is 51.7 Å². The third-order valence-electron chi connectivity index (χ3n) is 19.6. The number of rotatable bonds is 8. The number of hydrogen-bond donors (Lipinski definition) is 5. The van der Waals surface area contributed by atoms with Crippen LogP contribution in [0.25, 0.3) is 54.5 Å².